The Morgan fingerprint density at radius 2 is 1.94 bits per heavy atom. The van der Waals surface area contributed by atoms with Crippen molar-refractivity contribution in [2.45, 2.75) is 18.7 Å². The standard InChI is InChI=1S/C21H19ClN4O4S/c1-13(27)23-20-24-26(14(2)28)21(31-20)17-12-15(22)8-9-18(17)25(19(21)29)10-11-30-16-6-4-3-5-7-16/h3-9,12H,10-11H2,1-2H3,(H,23,24,27). The number of benzene rings is 2. The molecule has 1 unspecified atom stereocenters. The third-order valence-electron chi connectivity index (χ3n) is 4.79. The number of halogens is 1. The molecular weight excluding hydrogens is 440 g/mol. The van der Waals surface area contributed by atoms with Gasteiger partial charge in [0.1, 0.15) is 12.4 Å². The van der Waals surface area contributed by atoms with Crippen LogP contribution in [-0.4, -0.2) is 41.0 Å². The molecule has 0 aliphatic carbocycles. The molecule has 0 fully saturated rings. The van der Waals surface area contributed by atoms with Crippen molar-refractivity contribution in [3.8, 4) is 5.75 Å². The van der Waals surface area contributed by atoms with E-state index in [9.17, 15) is 14.4 Å². The van der Waals surface area contributed by atoms with Gasteiger partial charge in [0, 0.05) is 24.4 Å². The first-order chi connectivity index (χ1) is 14.8. The molecule has 4 rings (SSSR count). The smallest absolute Gasteiger partial charge is 0.270 e. The SMILES string of the molecule is CC(=O)NC1=NN(C(C)=O)C2(S1)C(=O)N(CCOc1ccccc1)c1ccc(Cl)cc12. The number of rotatable bonds is 4. The number of ether oxygens (including phenoxy) is 1. The number of thioether (sulfide) groups is 1. The Labute approximate surface area is 188 Å². The Morgan fingerprint density at radius 3 is 2.61 bits per heavy atom. The zero-order chi connectivity index (χ0) is 22.2. The summed E-state index contributed by atoms with van der Waals surface area (Å²) in [5.41, 5.74) is 1.15. The van der Waals surface area contributed by atoms with Crippen LogP contribution in [0.25, 0.3) is 0 Å². The molecule has 2 heterocycles. The highest BCUT2D eigenvalue weighted by Gasteiger charge is 2.61. The van der Waals surface area contributed by atoms with Crippen LogP contribution in [0.1, 0.15) is 19.4 Å². The van der Waals surface area contributed by atoms with Crippen LogP contribution < -0.4 is 15.0 Å². The molecule has 2 aliphatic heterocycles. The number of fused-ring (bicyclic) bond motifs is 2. The predicted octanol–water partition coefficient (Wildman–Crippen LogP) is 2.92. The van der Waals surface area contributed by atoms with Crippen LogP contribution in [0.15, 0.2) is 53.6 Å². The lowest BCUT2D eigenvalue weighted by molar-refractivity contribution is -0.139. The van der Waals surface area contributed by atoms with Crippen LogP contribution in [-0.2, 0) is 19.3 Å². The number of nitrogens with one attached hydrogen (secondary N) is 1. The quantitative estimate of drug-likeness (QED) is 0.760. The second-order valence-electron chi connectivity index (χ2n) is 6.94. The minimum absolute atomic E-state index is 0.171. The molecule has 0 saturated carbocycles. The van der Waals surface area contributed by atoms with Gasteiger partial charge in [-0.3, -0.25) is 14.4 Å². The zero-order valence-electron chi connectivity index (χ0n) is 16.8. The minimum Gasteiger partial charge on any atom is -0.492 e. The van der Waals surface area contributed by atoms with E-state index in [4.69, 9.17) is 16.3 Å². The monoisotopic (exact) mass is 458 g/mol. The average molecular weight is 459 g/mol. The number of hydrogen-bond acceptors (Lipinski definition) is 6. The maximum Gasteiger partial charge on any atom is 0.270 e. The number of amidine groups is 1. The summed E-state index contributed by atoms with van der Waals surface area (Å²) in [4.78, 5) is 37.8. The van der Waals surface area contributed by atoms with Crippen molar-refractivity contribution in [2.75, 3.05) is 18.1 Å². The Morgan fingerprint density at radius 1 is 1.19 bits per heavy atom. The van der Waals surface area contributed by atoms with Gasteiger partial charge in [0.15, 0.2) is 5.17 Å². The fraction of sp³-hybridized carbons (Fsp3) is 0.238. The van der Waals surface area contributed by atoms with Crippen LogP contribution in [0.3, 0.4) is 0 Å². The lowest BCUT2D eigenvalue weighted by Gasteiger charge is -2.29. The fourth-order valence-electron chi connectivity index (χ4n) is 3.58. The molecule has 31 heavy (non-hydrogen) atoms. The summed E-state index contributed by atoms with van der Waals surface area (Å²) in [6.45, 7) is 3.16. The highest BCUT2D eigenvalue weighted by molar-refractivity contribution is 8.15. The van der Waals surface area contributed by atoms with Gasteiger partial charge in [-0.1, -0.05) is 29.8 Å². The van der Waals surface area contributed by atoms with Gasteiger partial charge in [-0.05, 0) is 42.1 Å². The summed E-state index contributed by atoms with van der Waals surface area (Å²) in [5, 5.41) is 8.49. The molecule has 10 heteroatoms. The summed E-state index contributed by atoms with van der Waals surface area (Å²) < 4.78 is 5.76. The van der Waals surface area contributed by atoms with Crippen molar-refractivity contribution < 1.29 is 19.1 Å². The highest BCUT2D eigenvalue weighted by Crippen LogP contribution is 2.54. The maximum atomic E-state index is 13.7. The van der Waals surface area contributed by atoms with Gasteiger partial charge in [0.25, 0.3) is 5.91 Å². The zero-order valence-corrected chi connectivity index (χ0v) is 18.4. The van der Waals surface area contributed by atoms with Gasteiger partial charge in [0.2, 0.25) is 16.7 Å². The van der Waals surface area contributed by atoms with E-state index in [1.807, 2.05) is 30.3 Å². The molecule has 0 radical (unpaired) electrons. The average Bonchev–Trinajstić information content (AvgIpc) is 3.21. The lowest BCUT2D eigenvalue weighted by atomic mass is 10.1. The molecule has 1 spiro atoms. The van der Waals surface area contributed by atoms with Crippen LogP contribution >= 0.6 is 23.4 Å². The van der Waals surface area contributed by atoms with Crippen LogP contribution in [0.2, 0.25) is 5.02 Å². The minimum atomic E-state index is -1.48. The van der Waals surface area contributed by atoms with Gasteiger partial charge < -0.3 is 15.0 Å². The van der Waals surface area contributed by atoms with E-state index >= 15 is 0 Å². The van der Waals surface area contributed by atoms with Gasteiger partial charge in [-0.2, -0.15) is 5.01 Å². The Hall–Kier alpha value is -3.04. The normalized spacial score (nSPS) is 19.5. The van der Waals surface area contributed by atoms with Crippen molar-refractivity contribution in [3.63, 3.8) is 0 Å². The van der Waals surface area contributed by atoms with E-state index in [2.05, 4.69) is 10.4 Å². The number of hydrogen-bond donors (Lipinski definition) is 1. The number of amides is 3. The van der Waals surface area contributed by atoms with Gasteiger partial charge >= 0.3 is 0 Å². The first-order valence-electron chi connectivity index (χ1n) is 9.49. The molecule has 2 aromatic carbocycles. The number of anilines is 1. The Kier molecular flexibility index (Phi) is 5.63. The van der Waals surface area contributed by atoms with Crippen LogP contribution in [0.4, 0.5) is 5.69 Å². The molecule has 2 aromatic rings. The van der Waals surface area contributed by atoms with Crippen molar-refractivity contribution in [2.24, 2.45) is 5.10 Å². The fourth-order valence-corrected chi connectivity index (χ4v) is 5.07. The number of nitrogens with zero attached hydrogens (tertiary/aromatic N) is 3. The molecule has 8 nitrogen and oxygen atoms in total. The summed E-state index contributed by atoms with van der Waals surface area (Å²) in [5.74, 6) is -0.450. The Balaban J connectivity index is 1.68. The number of carbonyl (C=O) groups is 3. The highest BCUT2D eigenvalue weighted by atomic mass is 35.5. The van der Waals surface area contributed by atoms with E-state index in [0.29, 0.717) is 22.0 Å². The van der Waals surface area contributed by atoms with E-state index < -0.39 is 10.8 Å². The molecule has 1 atom stereocenters. The van der Waals surface area contributed by atoms with E-state index in [1.165, 1.54) is 13.8 Å². The summed E-state index contributed by atoms with van der Waals surface area (Å²) in [6, 6.07) is 14.4. The summed E-state index contributed by atoms with van der Waals surface area (Å²) in [7, 11) is 0. The van der Waals surface area contributed by atoms with Crippen molar-refractivity contribution in [3.05, 3.63) is 59.1 Å². The topological polar surface area (TPSA) is 91.3 Å². The summed E-state index contributed by atoms with van der Waals surface area (Å²) in [6.07, 6.45) is 0. The van der Waals surface area contributed by atoms with Crippen LogP contribution in [0.5, 0.6) is 5.75 Å². The van der Waals surface area contributed by atoms with Crippen molar-refractivity contribution in [1.82, 2.24) is 10.3 Å². The molecule has 0 saturated heterocycles. The molecule has 160 valence electrons. The second kappa shape index (κ2) is 8.24. The molecule has 1 N–H and O–H groups in total. The van der Waals surface area contributed by atoms with Crippen LogP contribution in [0, 0.1) is 0 Å². The predicted molar refractivity (Wildman–Crippen MR) is 119 cm³/mol. The largest absolute Gasteiger partial charge is 0.492 e. The first-order valence-corrected chi connectivity index (χ1v) is 10.7. The second-order valence-corrected chi connectivity index (χ2v) is 8.56. The van der Waals surface area contributed by atoms with E-state index in [-0.39, 0.29) is 30.1 Å². The third kappa shape index (κ3) is 3.75. The van der Waals surface area contributed by atoms with Gasteiger partial charge in [-0.15, -0.1) is 5.10 Å². The molecule has 0 aromatic heterocycles. The molecule has 3 amide bonds. The van der Waals surface area contributed by atoms with E-state index in [1.54, 1.807) is 23.1 Å². The summed E-state index contributed by atoms with van der Waals surface area (Å²) >= 11 is 7.25. The van der Waals surface area contributed by atoms with Gasteiger partial charge in [-0.25, -0.2) is 0 Å². The van der Waals surface area contributed by atoms with Crippen molar-refractivity contribution in [1.29, 1.82) is 0 Å². The molecular formula is C21H19ClN4O4S. The number of carbonyl (C=O) groups excluding carboxylic acids is 3. The first kappa shape index (κ1) is 21.2. The maximum absolute atomic E-state index is 13.7. The van der Waals surface area contributed by atoms with E-state index in [0.717, 1.165) is 16.8 Å². The molecule has 0 bridgehead atoms. The Bertz CT molecular complexity index is 1090. The van der Waals surface area contributed by atoms with Gasteiger partial charge in [0.05, 0.1) is 12.2 Å². The lowest BCUT2D eigenvalue weighted by Crippen LogP contribution is -2.49. The number of hydrazone groups is 1. The van der Waals surface area contributed by atoms with Crippen molar-refractivity contribution >= 4 is 51.9 Å². The molecule has 2 aliphatic rings. The number of para-hydroxylation sites is 1. The third-order valence-corrected chi connectivity index (χ3v) is 6.27.